The molecule has 1 aliphatic rings. The highest BCUT2D eigenvalue weighted by molar-refractivity contribution is 5.39. The molecule has 1 fully saturated rings. The summed E-state index contributed by atoms with van der Waals surface area (Å²) in [7, 11) is 1.67. The number of rotatable bonds is 6. The molecule has 3 nitrogen and oxygen atoms in total. The van der Waals surface area contributed by atoms with E-state index >= 15 is 0 Å². The Morgan fingerprint density at radius 1 is 1.10 bits per heavy atom. The van der Waals surface area contributed by atoms with Crippen LogP contribution in [0.1, 0.15) is 39.0 Å². The summed E-state index contributed by atoms with van der Waals surface area (Å²) in [6, 6.07) is 8.46. The third-order valence-corrected chi connectivity index (χ3v) is 4.20. The minimum atomic E-state index is 0.652. The second kappa shape index (κ2) is 8.15. The quantitative estimate of drug-likeness (QED) is 0.636. The summed E-state index contributed by atoms with van der Waals surface area (Å²) in [4.78, 5) is 0. The Morgan fingerprint density at radius 3 is 2.65 bits per heavy atom. The molecule has 0 heterocycles. The van der Waals surface area contributed by atoms with E-state index < -0.39 is 0 Å². The molecule has 3 heteroatoms. The van der Waals surface area contributed by atoms with Crippen molar-refractivity contribution >= 4 is 0 Å². The van der Waals surface area contributed by atoms with Gasteiger partial charge in [-0.05, 0) is 30.9 Å². The van der Waals surface area contributed by atoms with E-state index in [0.29, 0.717) is 12.6 Å². The normalized spacial score (nSPS) is 23.1. The van der Waals surface area contributed by atoms with E-state index in [1.165, 1.54) is 32.1 Å². The Bertz CT molecular complexity index is 394. The number of benzene rings is 1. The van der Waals surface area contributed by atoms with E-state index in [1.807, 2.05) is 24.3 Å². The Morgan fingerprint density at radius 2 is 1.85 bits per heavy atom. The molecular formula is C17H27NO2. The van der Waals surface area contributed by atoms with E-state index in [9.17, 15) is 0 Å². The first-order valence-corrected chi connectivity index (χ1v) is 7.80. The molecule has 1 aromatic rings. The average Bonchev–Trinajstić information content (AvgIpc) is 2.69. The van der Waals surface area contributed by atoms with Crippen LogP contribution in [0.5, 0.6) is 11.5 Å². The summed E-state index contributed by atoms with van der Waals surface area (Å²) in [6.45, 7) is 3.95. The summed E-state index contributed by atoms with van der Waals surface area (Å²) in [5.74, 6) is 2.41. The van der Waals surface area contributed by atoms with Crippen molar-refractivity contribution in [3.63, 3.8) is 0 Å². The zero-order valence-electron chi connectivity index (χ0n) is 12.7. The van der Waals surface area contributed by atoms with Gasteiger partial charge in [0.05, 0.1) is 7.11 Å². The molecule has 1 aliphatic carbocycles. The van der Waals surface area contributed by atoms with Crippen molar-refractivity contribution < 1.29 is 9.47 Å². The molecular weight excluding hydrogens is 250 g/mol. The van der Waals surface area contributed by atoms with Gasteiger partial charge in [0.2, 0.25) is 0 Å². The van der Waals surface area contributed by atoms with Gasteiger partial charge in [-0.1, -0.05) is 38.3 Å². The SMILES string of the molecule is COc1ccccc1OCCNC1CCCCCC1C. The summed E-state index contributed by atoms with van der Waals surface area (Å²) in [6.07, 6.45) is 6.79. The van der Waals surface area contributed by atoms with E-state index in [-0.39, 0.29) is 0 Å². The minimum absolute atomic E-state index is 0.652. The smallest absolute Gasteiger partial charge is 0.161 e. The first-order chi connectivity index (χ1) is 9.81. The predicted molar refractivity (Wildman–Crippen MR) is 82.5 cm³/mol. The number of para-hydroxylation sites is 2. The molecule has 112 valence electrons. The summed E-state index contributed by atoms with van der Waals surface area (Å²) in [5, 5.41) is 3.65. The minimum Gasteiger partial charge on any atom is -0.493 e. The molecule has 1 aromatic carbocycles. The molecule has 0 saturated heterocycles. The van der Waals surface area contributed by atoms with Crippen LogP contribution in [0, 0.1) is 5.92 Å². The van der Waals surface area contributed by atoms with Crippen LogP contribution in [-0.2, 0) is 0 Å². The van der Waals surface area contributed by atoms with Crippen molar-refractivity contribution in [2.45, 2.75) is 45.1 Å². The van der Waals surface area contributed by atoms with Gasteiger partial charge >= 0.3 is 0 Å². The van der Waals surface area contributed by atoms with Crippen LogP contribution in [0.25, 0.3) is 0 Å². The molecule has 0 spiro atoms. The highest BCUT2D eigenvalue weighted by Crippen LogP contribution is 2.26. The van der Waals surface area contributed by atoms with Gasteiger partial charge in [0.15, 0.2) is 11.5 Å². The maximum absolute atomic E-state index is 5.80. The van der Waals surface area contributed by atoms with Gasteiger partial charge < -0.3 is 14.8 Å². The van der Waals surface area contributed by atoms with Crippen LogP contribution in [0.4, 0.5) is 0 Å². The highest BCUT2D eigenvalue weighted by Gasteiger charge is 2.18. The number of hydrogen-bond donors (Lipinski definition) is 1. The average molecular weight is 277 g/mol. The summed E-state index contributed by atoms with van der Waals surface area (Å²) in [5.41, 5.74) is 0. The molecule has 0 amide bonds. The van der Waals surface area contributed by atoms with Gasteiger partial charge in [0, 0.05) is 12.6 Å². The first kappa shape index (κ1) is 15.2. The Balaban J connectivity index is 1.73. The Labute approximate surface area is 122 Å². The molecule has 2 atom stereocenters. The van der Waals surface area contributed by atoms with Crippen molar-refractivity contribution in [3.05, 3.63) is 24.3 Å². The van der Waals surface area contributed by atoms with Crippen molar-refractivity contribution in [2.75, 3.05) is 20.3 Å². The van der Waals surface area contributed by atoms with E-state index in [4.69, 9.17) is 9.47 Å². The van der Waals surface area contributed by atoms with Gasteiger partial charge in [-0.15, -0.1) is 0 Å². The topological polar surface area (TPSA) is 30.5 Å². The van der Waals surface area contributed by atoms with Crippen LogP contribution < -0.4 is 14.8 Å². The molecule has 0 aromatic heterocycles. The molecule has 2 rings (SSSR count). The first-order valence-electron chi connectivity index (χ1n) is 7.80. The monoisotopic (exact) mass is 277 g/mol. The predicted octanol–water partition coefficient (Wildman–Crippen LogP) is 3.63. The fraction of sp³-hybridized carbons (Fsp3) is 0.647. The fourth-order valence-corrected chi connectivity index (χ4v) is 2.94. The third kappa shape index (κ3) is 4.41. The molecule has 2 unspecified atom stereocenters. The maximum atomic E-state index is 5.80. The van der Waals surface area contributed by atoms with Gasteiger partial charge in [0.1, 0.15) is 6.61 Å². The zero-order chi connectivity index (χ0) is 14.2. The van der Waals surface area contributed by atoms with Crippen molar-refractivity contribution in [2.24, 2.45) is 5.92 Å². The van der Waals surface area contributed by atoms with E-state index in [2.05, 4.69) is 12.2 Å². The second-order valence-corrected chi connectivity index (χ2v) is 5.68. The number of nitrogens with one attached hydrogen (secondary N) is 1. The van der Waals surface area contributed by atoms with Crippen LogP contribution >= 0.6 is 0 Å². The number of hydrogen-bond acceptors (Lipinski definition) is 3. The Hall–Kier alpha value is -1.22. The largest absolute Gasteiger partial charge is 0.493 e. The van der Waals surface area contributed by atoms with E-state index in [0.717, 1.165) is 24.0 Å². The molecule has 20 heavy (non-hydrogen) atoms. The lowest BCUT2D eigenvalue weighted by Gasteiger charge is -2.23. The van der Waals surface area contributed by atoms with Crippen LogP contribution in [-0.4, -0.2) is 26.3 Å². The standard InChI is InChI=1S/C17H27NO2/c1-14-8-4-3-5-9-15(14)18-12-13-20-17-11-7-6-10-16(17)19-2/h6-7,10-11,14-15,18H,3-5,8-9,12-13H2,1-2H3. The van der Waals surface area contributed by atoms with Crippen LogP contribution in [0.3, 0.4) is 0 Å². The molecule has 0 bridgehead atoms. The maximum Gasteiger partial charge on any atom is 0.161 e. The number of methoxy groups -OCH3 is 1. The molecule has 1 N–H and O–H groups in total. The van der Waals surface area contributed by atoms with Crippen LogP contribution in [0.15, 0.2) is 24.3 Å². The lowest BCUT2D eigenvalue weighted by atomic mass is 9.97. The molecule has 1 saturated carbocycles. The molecule has 0 radical (unpaired) electrons. The van der Waals surface area contributed by atoms with Gasteiger partial charge in [-0.3, -0.25) is 0 Å². The van der Waals surface area contributed by atoms with Crippen molar-refractivity contribution in [1.82, 2.24) is 5.32 Å². The van der Waals surface area contributed by atoms with E-state index in [1.54, 1.807) is 7.11 Å². The second-order valence-electron chi connectivity index (χ2n) is 5.68. The van der Waals surface area contributed by atoms with Gasteiger partial charge in [-0.25, -0.2) is 0 Å². The van der Waals surface area contributed by atoms with Gasteiger partial charge in [0.25, 0.3) is 0 Å². The zero-order valence-corrected chi connectivity index (χ0v) is 12.7. The lowest BCUT2D eigenvalue weighted by molar-refractivity contribution is 0.271. The molecule has 0 aliphatic heterocycles. The van der Waals surface area contributed by atoms with Gasteiger partial charge in [-0.2, -0.15) is 0 Å². The third-order valence-electron chi connectivity index (χ3n) is 4.20. The van der Waals surface area contributed by atoms with Crippen LogP contribution in [0.2, 0.25) is 0 Å². The summed E-state index contributed by atoms with van der Waals surface area (Å²) >= 11 is 0. The van der Waals surface area contributed by atoms with Crippen molar-refractivity contribution in [1.29, 1.82) is 0 Å². The Kier molecular flexibility index (Phi) is 6.19. The summed E-state index contributed by atoms with van der Waals surface area (Å²) < 4.78 is 11.1. The fourth-order valence-electron chi connectivity index (χ4n) is 2.94. The highest BCUT2D eigenvalue weighted by atomic mass is 16.5. The number of ether oxygens (including phenoxy) is 2. The lowest BCUT2D eigenvalue weighted by Crippen LogP contribution is -2.36. The van der Waals surface area contributed by atoms with Crippen molar-refractivity contribution in [3.8, 4) is 11.5 Å².